The number of rotatable bonds is 14. The number of hydrogen-bond acceptors (Lipinski definition) is 5. The maximum absolute atomic E-state index is 14.6. The van der Waals surface area contributed by atoms with Crippen LogP contribution in [0.4, 0.5) is 5.69 Å². The van der Waals surface area contributed by atoms with Gasteiger partial charge in [0.1, 0.15) is 18.3 Å². The van der Waals surface area contributed by atoms with Crippen LogP contribution in [0.3, 0.4) is 0 Å². The Bertz CT molecular complexity index is 1710. The summed E-state index contributed by atoms with van der Waals surface area (Å²) in [5.41, 5.74) is 3.88. The number of aryl methyl sites for hydroxylation is 2. The van der Waals surface area contributed by atoms with Crippen LogP contribution in [0.15, 0.2) is 108 Å². The summed E-state index contributed by atoms with van der Waals surface area (Å²) in [7, 11) is -2.78. The number of ether oxygens (including phenoxy) is 1. The highest BCUT2D eigenvalue weighted by molar-refractivity contribution is 7.92. The second kappa shape index (κ2) is 15.6. The SMILES string of the molecule is COc1ccccc1N(CC(=O)N(Cc1ccc(C)cc1)C(Cc1ccccc1)C(=O)NCC(C)C)S(=O)(=O)c1ccc(C)cc1. The van der Waals surface area contributed by atoms with Crippen LogP contribution < -0.4 is 14.4 Å². The van der Waals surface area contributed by atoms with E-state index in [0.29, 0.717) is 12.3 Å². The summed E-state index contributed by atoms with van der Waals surface area (Å²) in [6, 6.07) is 29.5. The Labute approximate surface area is 273 Å². The lowest BCUT2D eigenvalue weighted by atomic mass is 10.0. The van der Waals surface area contributed by atoms with Gasteiger partial charge in [-0.1, -0.05) is 104 Å². The topological polar surface area (TPSA) is 96.0 Å². The van der Waals surface area contributed by atoms with Gasteiger partial charge in [-0.05, 0) is 55.2 Å². The average Bonchev–Trinajstić information content (AvgIpc) is 3.05. The molecule has 0 aliphatic heterocycles. The summed E-state index contributed by atoms with van der Waals surface area (Å²) in [6.07, 6.45) is 0.252. The molecule has 0 spiro atoms. The van der Waals surface area contributed by atoms with Crippen LogP contribution in [-0.4, -0.2) is 51.4 Å². The number of amides is 2. The maximum Gasteiger partial charge on any atom is 0.264 e. The zero-order valence-corrected chi connectivity index (χ0v) is 28.0. The average molecular weight is 642 g/mol. The minimum absolute atomic E-state index is 0.0393. The van der Waals surface area contributed by atoms with Crippen molar-refractivity contribution in [1.82, 2.24) is 10.2 Å². The highest BCUT2D eigenvalue weighted by Crippen LogP contribution is 2.33. The monoisotopic (exact) mass is 641 g/mol. The number of methoxy groups -OCH3 is 1. The van der Waals surface area contributed by atoms with E-state index in [2.05, 4.69) is 5.32 Å². The zero-order valence-electron chi connectivity index (χ0n) is 27.1. The van der Waals surface area contributed by atoms with Crippen LogP contribution in [0.2, 0.25) is 0 Å². The summed E-state index contributed by atoms with van der Waals surface area (Å²) < 4.78 is 35.1. The van der Waals surface area contributed by atoms with Gasteiger partial charge >= 0.3 is 0 Å². The lowest BCUT2D eigenvalue weighted by Gasteiger charge is -2.34. The molecule has 4 aromatic carbocycles. The Balaban J connectivity index is 1.82. The highest BCUT2D eigenvalue weighted by Gasteiger charge is 2.35. The highest BCUT2D eigenvalue weighted by atomic mass is 32.2. The summed E-state index contributed by atoms with van der Waals surface area (Å²) in [4.78, 5) is 30.0. The van der Waals surface area contributed by atoms with Gasteiger partial charge in [0.05, 0.1) is 17.7 Å². The standard InChI is InChI=1S/C37H43N3O5S/c1-27(2)24-38-37(42)34(23-30-11-7-6-8-12-30)39(25-31-19-15-28(3)16-20-31)36(41)26-40(33-13-9-10-14-35(33)45-5)46(43,44)32-21-17-29(4)18-22-32/h6-22,27,34H,23-26H2,1-5H3,(H,38,42). The van der Waals surface area contributed by atoms with Gasteiger partial charge in [-0.25, -0.2) is 8.42 Å². The molecule has 9 heteroatoms. The van der Waals surface area contributed by atoms with E-state index in [1.807, 2.05) is 82.3 Å². The van der Waals surface area contributed by atoms with Crippen molar-refractivity contribution in [3.05, 3.63) is 125 Å². The number of nitrogens with zero attached hydrogens (tertiary/aromatic N) is 2. The van der Waals surface area contributed by atoms with Crippen molar-refractivity contribution in [2.24, 2.45) is 5.92 Å². The Hall–Kier alpha value is -4.63. The Morgan fingerprint density at radius 2 is 1.37 bits per heavy atom. The first-order valence-electron chi connectivity index (χ1n) is 15.4. The molecule has 0 aromatic heterocycles. The summed E-state index contributed by atoms with van der Waals surface area (Å²) >= 11 is 0. The molecule has 0 heterocycles. The van der Waals surface area contributed by atoms with Crippen molar-refractivity contribution >= 4 is 27.5 Å². The molecule has 0 saturated carbocycles. The van der Waals surface area contributed by atoms with E-state index in [0.717, 1.165) is 26.6 Å². The van der Waals surface area contributed by atoms with E-state index in [1.54, 1.807) is 36.4 Å². The van der Waals surface area contributed by atoms with Crippen molar-refractivity contribution in [1.29, 1.82) is 0 Å². The number of sulfonamides is 1. The van der Waals surface area contributed by atoms with Crippen molar-refractivity contribution < 1.29 is 22.7 Å². The second-order valence-electron chi connectivity index (χ2n) is 11.8. The molecular weight excluding hydrogens is 598 g/mol. The first-order chi connectivity index (χ1) is 22.0. The van der Waals surface area contributed by atoms with Gasteiger partial charge < -0.3 is 15.0 Å². The molecule has 46 heavy (non-hydrogen) atoms. The molecule has 0 saturated heterocycles. The van der Waals surface area contributed by atoms with Crippen LogP contribution in [0.5, 0.6) is 5.75 Å². The minimum atomic E-state index is -4.23. The molecule has 1 unspecified atom stereocenters. The van der Waals surface area contributed by atoms with Crippen LogP contribution in [-0.2, 0) is 32.6 Å². The van der Waals surface area contributed by atoms with Gasteiger partial charge in [0.25, 0.3) is 10.0 Å². The first kappa shape index (κ1) is 34.2. The fourth-order valence-corrected chi connectivity index (χ4v) is 6.48. The largest absolute Gasteiger partial charge is 0.495 e. The molecule has 2 amide bonds. The summed E-state index contributed by atoms with van der Waals surface area (Å²) in [5, 5.41) is 3.01. The summed E-state index contributed by atoms with van der Waals surface area (Å²) in [5.74, 6) is -0.333. The van der Waals surface area contributed by atoms with Crippen LogP contribution in [0.25, 0.3) is 0 Å². The lowest BCUT2D eigenvalue weighted by Crippen LogP contribution is -2.53. The number of benzene rings is 4. The molecule has 4 rings (SSSR count). The zero-order chi connectivity index (χ0) is 33.3. The van der Waals surface area contributed by atoms with E-state index in [4.69, 9.17) is 4.74 Å². The fourth-order valence-electron chi connectivity index (χ4n) is 5.05. The number of nitrogens with one attached hydrogen (secondary N) is 1. The van der Waals surface area contributed by atoms with Gasteiger partial charge in [-0.3, -0.25) is 13.9 Å². The van der Waals surface area contributed by atoms with E-state index in [9.17, 15) is 18.0 Å². The number of anilines is 1. The van der Waals surface area contributed by atoms with Crippen molar-refractivity contribution in [3.63, 3.8) is 0 Å². The van der Waals surface area contributed by atoms with E-state index in [-0.39, 0.29) is 35.4 Å². The first-order valence-corrected chi connectivity index (χ1v) is 16.8. The number of carbonyl (C=O) groups excluding carboxylic acids is 2. The van der Waals surface area contributed by atoms with Crippen molar-refractivity contribution in [2.75, 3.05) is 24.5 Å². The number of carbonyl (C=O) groups is 2. The molecule has 0 aliphatic rings. The second-order valence-corrected chi connectivity index (χ2v) is 13.7. The Morgan fingerprint density at radius 1 is 0.783 bits per heavy atom. The van der Waals surface area contributed by atoms with Crippen LogP contribution in [0, 0.1) is 19.8 Å². The third kappa shape index (κ3) is 8.75. The Kier molecular flexibility index (Phi) is 11.6. The number of hydrogen-bond donors (Lipinski definition) is 1. The molecular formula is C37H43N3O5S. The quantitative estimate of drug-likeness (QED) is 0.185. The molecule has 4 aromatic rings. The molecule has 1 atom stereocenters. The van der Waals surface area contributed by atoms with Crippen molar-refractivity contribution in [3.8, 4) is 5.75 Å². The summed E-state index contributed by atoms with van der Waals surface area (Å²) in [6.45, 7) is 7.85. The van der Waals surface area contributed by atoms with E-state index in [1.165, 1.54) is 24.1 Å². The molecule has 242 valence electrons. The Morgan fingerprint density at radius 3 is 1.98 bits per heavy atom. The van der Waals surface area contributed by atoms with Gasteiger partial charge in [0.2, 0.25) is 11.8 Å². The van der Waals surface area contributed by atoms with Gasteiger partial charge in [0, 0.05) is 19.5 Å². The van der Waals surface area contributed by atoms with E-state index >= 15 is 0 Å². The third-order valence-corrected chi connectivity index (χ3v) is 9.44. The predicted octanol–water partition coefficient (Wildman–Crippen LogP) is 5.92. The lowest BCUT2D eigenvalue weighted by molar-refractivity contribution is -0.140. The van der Waals surface area contributed by atoms with Gasteiger partial charge in [-0.2, -0.15) is 0 Å². The number of para-hydroxylation sites is 2. The smallest absolute Gasteiger partial charge is 0.264 e. The molecule has 0 aliphatic carbocycles. The molecule has 0 bridgehead atoms. The fraction of sp³-hybridized carbons (Fsp3) is 0.297. The molecule has 8 nitrogen and oxygen atoms in total. The van der Waals surface area contributed by atoms with Crippen molar-refractivity contribution in [2.45, 2.75) is 51.6 Å². The maximum atomic E-state index is 14.6. The van der Waals surface area contributed by atoms with E-state index < -0.39 is 28.5 Å². The minimum Gasteiger partial charge on any atom is -0.495 e. The molecule has 0 radical (unpaired) electrons. The molecule has 0 fully saturated rings. The van der Waals surface area contributed by atoms with Crippen LogP contribution in [0.1, 0.15) is 36.1 Å². The van der Waals surface area contributed by atoms with Crippen LogP contribution >= 0.6 is 0 Å². The van der Waals surface area contributed by atoms with Gasteiger partial charge in [0.15, 0.2) is 0 Å². The third-order valence-electron chi connectivity index (χ3n) is 7.67. The molecule has 1 N–H and O–H groups in total. The normalized spacial score (nSPS) is 12.0. The van der Waals surface area contributed by atoms with Gasteiger partial charge in [-0.15, -0.1) is 0 Å². The predicted molar refractivity (Wildman–Crippen MR) is 182 cm³/mol.